The Bertz CT molecular complexity index is 1580. The van der Waals surface area contributed by atoms with Crippen molar-refractivity contribution in [2.75, 3.05) is 0 Å². The van der Waals surface area contributed by atoms with E-state index in [0.29, 0.717) is 0 Å². The molecule has 1 aromatic heterocycles. The molecule has 0 atom stereocenters. The summed E-state index contributed by atoms with van der Waals surface area (Å²) < 4.78 is 21.7. The van der Waals surface area contributed by atoms with Crippen LogP contribution in [0, 0.1) is 13.8 Å². The predicted octanol–water partition coefficient (Wildman–Crippen LogP) is 10.4. The van der Waals surface area contributed by atoms with E-state index < -0.39 is 18.2 Å². The summed E-state index contributed by atoms with van der Waals surface area (Å²) in [7, 11) is 0. The van der Waals surface area contributed by atoms with Gasteiger partial charge in [0.15, 0.2) is 0 Å². The van der Waals surface area contributed by atoms with Crippen LogP contribution in [0.2, 0.25) is 0 Å². The predicted molar refractivity (Wildman–Crippen MR) is 174 cm³/mol. The summed E-state index contributed by atoms with van der Waals surface area (Å²) in [6.45, 7) is 17.8. The van der Waals surface area contributed by atoms with Gasteiger partial charge < -0.3 is 0 Å². The SMILES string of the molecule is Cc1ccc([O][Ti](=[CH]c2ccco2)[O]c2ccc(C)c3cccc(C(C)(C)C)c23)c2c(C(C)(C)C)cccc12.Cl.Cl. The van der Waals surface area contributed by atoms with Gasteiger partial charge in [0, 0.05) is 0 Å². The second kappa shape index (κ2) is 12.8. The van der Waals surface area contributed by atoms with Crippen LogP contribution in [-0.2, 0) is 29.0 Å². The Kier molecular flexibility index (Phi) is 10.3. The zero-order valence-electron chi connectivity index (χ0n) is 25.1. The van der Waals surface area contributed by atoms with E-state index in [0.717, 1.165) is 28.0 Å². The minimum Gasteiger partial charge on any atom is -0.147 e. The van der Waals surface area contributed by atoms with Crippen LogP contribution >= 0.6 is 24.8 Å². The molecule has 0 N–H and O–H groups in total. The maximum atomic E-state index is 6.93. The summed E-state index contributed by atoms with van der Waals surface area (Å²) in [6.07, 6.45) is 1.69. The Morgan fingerprint density at radius 2 is 1.07 bits per heavy atom. The average Bonchev–Trinajstić information content (AvgIpc) is 3.39. The molecule has 5 aromatic rings. The number of aryl methyl sites for hydroxylation is 2. The largest absolute Gasteiger partial charge is 0.147 e. The number of fused-ring (bicyclic) bond motifs is 2. The molecule has 0 unspecified atom stereocenters. The molecule has 5 rings (SSSR count). The minimum atomic E-state index is -2.85. The van der Waals surface area contributed by atoms with E-state index in [1.807, 2.05) is 12.1 Å². The molecule has 1 heterocycles. The van der Waals surface area contributed by atoms with E-state index in [1.165, 1.54) is 33.0 Å². The minimum absolute atomic E-state index is 0. The molecule has 6 heteroatoms. The number of hydrogen-bond donors (Lipinski definition) is 0. The van der Waals surface area contributed by atoms with Crippen molar-refractivity contribution < 1.29 is 29.2 Å². The zero-order chi connectivity index (χ0) is 27.9. The Hall–Kier alpha value is -2.56. The van der Waals surface area contributed by atoms with Gasteiger partial charge >= 0.3 is 240 Å². The third-order valence-electron chi connectivity index (χ3n) is 7.28. The Balaban J connectivity index is 0.00000231. The zero-order valence-corrected chi connectivity index (χ0v) is 28.3. The summed E-state index contributed by atoms with van der Waals surface area (Å²) >= 11 is -2.85. The second-order valence-electron chi connectivity index (χ2n) is 12.4. The van der Waals surface area contributed by atoms with Gasteiger partial charge in [0.2, 0.25) is 0 Å². The van der Waals surface area contributed by atoms with Crippen LogP contribution in [0.5, 0.6) is 11.5 Å². The molecule has 0 aliphatic rings. The molecule has 3 nitrogen and oxygen atoms in total. The molecule has 41 heavy (non-hydrogen) atoms. The summed E-state index contributed by atoms with van der Waals surface area (Å²) in [5.74, 6) is 2.50. The van der Waals surface area contributed by atoms with Crippen molar-refractivity contribution in [1.82, 2.24) is 0 Å². The first-order valence-corrected chi connectivity index (χ1v) is 15.8. The molecule has 0 saturated heterocycles. The number of rotatable bonds is 5. The third-order valence-corrected chi connectivity index (χ3v) is 9.41. The Labute approximate surface area is 263 Å². The van der Waals surface area contributed by atoms with E-state index in [-0.39, 0.29) is 35.6 Å². The molecule has 0 aliphatic heterocycles. The molecule has 0 saturated carbocycles. The van der Waals surface area contributed by atoms with Gasteiger partial charge in [-0.05, 0) is 0 Å². The first-order valence-electron chi connectivity index (χ1n) is 13.6. The summed E-state index contributed by atoms with van der Waals surface area (Å²) in [6, 6.07) is 25.5. The number of furan rings is 1. The quantitative estimate of drug-likeness (QED) is 0.182. The smallest absolute Gasteiger partial charge is 0.147 e. The normalized spacial score (nSPS) is 11.5. The van der Waals surface area contributed by atoms with Crippen molar-refractivity contribution in [3.8, 4) is 11.5 Å². The fraction of sp³-hybridized carbons (Fsp3) is 0.286. The van der Waals surface area contributed by atoms with Gasteiger partial charge in [-0.15, -0.1) is 24.8 Å². The van der Waals surface area contributed by atoms with E-state index in [4.69, 9.17) is 11.1 Å². The topological polar surface area (TPSA) is 31.6 Å². The van der Waals surface area contributed by atoms with Crippen LogP contribution < -0.4 is 6.64 Å². The standard InChI is InChI=1S/2C15H18O.C5H4O.2ClH.Ti/c2*1-10-8-9-13(16)14-11(10)6-5-7-12(14)15(2,3)4;1-5-3-2-4-6-5;;;/h2*5-9,16H,1-4H3;1-4H;2*1H;/q;;;;;+2/p-2. The summed E-state index contributed by atoms with van der Waals surface area (Å²) in [5.41, 5.74) is 4.94. The van der Waals surface area contributed by atoms with Crippen molar-refractivity contribution in [3.63, 3.8) is 0 Å². The molecule has 0 bridgehead atoms. The molecule has 0 fully saturated rings. The van der Waals surface area contributed by atoms with Crippen LogP contribution in [0.4, 0.5) is 0 Å². The van der Waals surface area contributed by atoms with Gasteiger partial charge in [0.05, 0.1) is 0 Å². The molecule has 216 valence electrons. The van der Waals surface area contributed by atoms with Crippen molar-refractivity contribution in [1.29, 1.82) is 0 Å². The maximum Gasteiger partial charge on any atom is -0.147 e. The van der Waals surface area contributed by atoms with Gasteiger partial charge in [-0.3, -0.25) is 0 Å². The molecule has 4 aromatic carbocycles. The van der Waals surface area contributed by atoms with Crippen molar-refractivity contribution in [2.45, 2.75) is 66.2 Å². The van der Waals surface area contributed by atoms with Crippen LogP contribution in [0.15, 0.2) is 83.5 Å². The molecule has 0 radical (unpaired) electrons. The van der Waals surface area contributed by atoms with E-state index in [1.54, 1.807) is 6.26 Å². The van der Waals surface area contributed by atoms with Gasteiger partial charge in [0.25, 0.3) is 0 Å². The van der Waals surface area contributed by atoms with Crippen molar-refractivity contribution >= 4 is 50.7 Å². The van der Waals surface area contributed by atoms with Crippen LogP contribution in [0.1, 0.15) is 69.6 Å². The van der Waals surface area contributed by atoms with Crippen molar-refractivity contribution in [2.24, 2.45) is 0 Å². The van der Waals surface area contributed by atoms with E-state index in [2.05, 4.69) is 120 Å². The molecule has 0 aliphatic carbocycles. The molecular formula is C35H40Cl2O3Ti. The molecule has 0 spiro atoms. The Morgan fingerprint density at radius 1 is 0.610 bits per heavy atom. The third kappa shape index (κ3) is 6.92. The molecular weight excluding hydrogens is 587 g/mol. The monoisotopic (exact) mass is 626 g/mol. The first kappa shape index (κ1) is 33.0. The van der Waals surface area contributed by atoms with Crippen LogP contribution in [0.25, 0.3) is 21.5 Å². The number of halogens is 2. The van der Waals surface area contributed by atoms with Crippen molar-refractivity contribution in [3.05, 3.63) is 107 Å². The summed E-state index contributed by atoms with van der Waals surface area (Å²) in [4.78, 5) is 0. The van der Waals surface area contributed by atoms with Gasteiger partial charge in [-0.2, -0.15) is 0 Å². The van der Waals surface area contributed by atoms with E-state index in [9.17, 15) is 0 Å². The van der Waals surface area contributed by atoms with Gasteiger partial charge in [0.1, 0.15) is 0 Å². The maximum absolute atomic E-state index is 6.93. The van der Waals surface area contributed by atoms with Gasteiger partial charge in [-0.1, -0.05) is 0 Å². The number of hydrogen-bond acceptors (Lipinski definition) is 3. The second-order valence-corrected chi connectivity index (χ2v) is 14.5. The van der Waals surface area contributed by atoms with Gasteiger partial charge in [-0.25, -0.2) is 0 Å². The number of benzene rings is 4. The molecule has 0 amide bonds. The average molecular weight is 627 g/mol. The first-order chi connectivity index (χ1) is 18.4. The van der Waals surface area contributed by atoms with Crippen LogP contribution in [-0.4, -0.2) is 4.31 Å². The Morgan fingerprint density at radius 3 is 1.46 bits per heavy atom. The fourth-order valence-corrected chi connectivity index (χ4v) is 7.32. The summed E-state index contributed by atoms with van der Waals surface area (Å²) in [5, 5.41) is 4.75. The fourth-order valence-electron chi connectivity index (χ4n) is 5.25. The van der Waals surface area contributed by atoms with E-state index >= 15 is 0 Å². The van der Waals surface area contributed by atoms with Crippen LogP contribution in [0.3, 0.4) is 0 Å².